The fraction of sp³-hybridized carbons (Fsp3) is 0. The number of benzene rings is 9. The van der Waals surface area contributed by atoms with E-state index in [-0.39, 0.29) is 0 Å². The van der Waals surface area contributed by atoms with Crippen LogP contribution in [0.4, 0.5) is 0 Å². The van der Waals surface area contributed by atoms with Gasteiger partial charge in [0.1, 0.15) is 11.2 Å². The van der Waals surface area contributed by atoms with Crippen molar-refractivity contribution in [1.29, 1.82) is 0 Å². The largest absolute Gasteiger partial charge is 0.456 e. The lowest BCUT2D eigenvalue weighted by Gasteiger charge is -2.13. The third-order valence-electron chi connectivity index (χ3n) is 10.9. The van der Waals surface area contributed by atoms with Crippen molar-refractivity contribution in [2.75, 3.05) is 0 Å². The molecule has 0 saturated carbocycles. The lowest BCUT2D eigenvalue weighted by Crippen LogP contribution is -2.00. The van der Waals surface area contributed by atoms with Gasteiger partial charge >= 0.3 is 0 Å². The molecule has 57 heavy (non-hydrogen) atoms. The quantitative estimate of drug-likeness (QED) is 0.171. The Bertz CT molecular complexity index is 3220. The Morgan fingerprint density at radius 1 is 0.281 bits per heavy atom. The van der Waals surface area contributed by atoms with E-state index in [1.165, 1.54) is 32.7 Å². The van der Waals surface area contributed by atoms with Gasteiger partial charge in [0.05, 0.1) is 0 Å². The van der Waals surface area contributed by atoms with Crippen LogP contribution in [-0.2, 0) is 0 Å². The van der Waals surface area contributed by atoms with E-state index in [1.807, 2.05) is 60.7 Å². The van der Waals surface area contributed by atoms with Gasteiger partial charge in [-0.2, -0.15) is 0 Å². The van der Waals surface area contributed by atoms with Crippen LogP contribution in [0, 0.1) is 0 Å². The maximum Gasteiger partial charge on any atom is 0.164 e. The summed E-state index contributed by atoms with van der Waals surface area (Å²) >= 11 is 0. The van der Waals surface area contributed by atoms with Crippen molar-refractivity contribution in [2.24, 2.45) is 0 Å². The van der Waals surface area contributed by atoms with Crippen LogP contribution in [0.5, 0.6) is 0 Å². The van der Waals surface area contributed by atoms with Crippen LogP contribution in [0.25, 0.3) is 111 Å². The molecule has 9 aromatic carbocycles. The SMILES string of the molecule is c1ccc(-c2nc(-c3ccccc3)nc(-c3ccc(-c4ccc(-c5cccc6oc7cc(-c8ccc9ccccc9c8)ccc7c56)c5ccccc45)cc3)n2)cc1. The molecular weight excluding hydrogens is 695 g/mol. The van der Waals surface area contributed by atoms with E-state index < -0.39 is 0 Å². The van der Waals surface area contributed by atoms with E-state index in [9.17, 15) is 0 Å². The first kappa shape index (κ1) is 32.7. The molecule has 266 valence electrons. The van der Waals surface area contributed by atoms with Crippen molar-refractivity contribution in [1.82, 2.24) is 15.0 Å². The fourth-order valence-corrected chi connectivity index (χ4v) is 8.12. The highest BCUT2D eigenvalue weighted by molar-refractivity contribution is 6.17. The summed E-state index contributed by atoms with van der Waals surface area (Å²) in [4.78, 5) is 14.7. The first-order valence-electron chi connectivity index (χ1n) is 19.2. The molecule has 4 nitrogen and oxygen atoms in total. The minimum Gasteiger partial charge on any atom is -0.456 e. The van der Waals surface area contributed by atoms with Gasteiger partial charge in [-0.25, -0.2) is 15.0 Å². The van der Waals surface area contributed by atoms with Gasteiger partial charge in [0.25, 0.3) is 0 Å². The molecule has 0 aliphatic rings. The van der Waals surface area contributed by atoms with Gasteiger partial charge in [-0.15, -0.1) is 0 Å². The first-order chi connectivity index (χ1) is 28.2. The Balaban J connectivity index is 0.979. The molecule has 0 atom stereocenters. The summed E-state index contributed by atoms with van der Waals surface area (Å²) in [5, 5.41) is 7.07. The topological polar surface area (TPSA) is 51.8 Å². The highest BCUT2D eigenvalue weighted by Crippen LogP contribution is 2.42. The van der Waals surface area contributed by atoms with E-state index in [0.29, 0.717) is 17.5 Å². The van der Waals surface area contributed by atoms with Gasteiger partial charge < -0.3 is 4.42 Å². The van der Waals surface area contributed by atoms with Crippen molar-refractivity contribution in [3.05, 3.63) is 200 Å². The summed E-state index contributed by atoms with van der Waals surface area (Å²) in [6, 6.07) is 70.0. The monoisotopic (exact) mass is 727 g/mol. The fourth-order valence-electron chi connectivity index (χ4n) is 8.12. The minimum atomic E-state index is 0.638. The van der Waals surface area contributed by atoms with Crippen LogP contribution < -0.4 is 0 Å². The summed E-state index contributed by atoms with van der Waals surface area (Å²) in [6.07, 6.45) is 0. The second-order valence-corrected chi connectivity index (χ2v) is 14.4. The molecule has 0 N–H and O–H groups in total. The molecule has 0 radical (unpaired) electrons. The zero-order valence-corrected chi connectivity index (χ0v) is 30.8. The highest BCUT2D eigenvalue weighted by atomic mass is 16.3. The van der Waals surface area contributed by atoms with Gasteiger partial charge in [-0.05, 0) is 79.2 Å². The van der Waals surface area contributed by atoms with E-state index >= 15 is 0 Å². The van der Waals surface area contributed by atoms with Gasteiger partial charge in [0, 0.05) is 27.5 Å². The third-order valence-corrected chi connectivity index (χ3v) is 10.9. The number of nitrogens with zero attached hydrogens (tertiary/aromatic N) is 3. The number of fused-ring (bicyclic) bond motifs is 5. The predicted molar refractivity (Wildman–Crippen MR) is 235 cm³/mol. The van der Waals surface area contributed by atoms with Crippen LogP contribution in [0.15, 0.2) is 205 Å². The van der Waals surface area contributed by atoms with Crippen LogP contribution in [0.2, 0.25) is 0 Å². The zero-order valence-electron chi connectivity index (χ0n) is 30.8. The van der Waals surface area contributed by atoms with Gasteiger partial charge in [0.2, 0.25) is 0 Å². The molecule has 0 fully saturated rings. The molecule has 0 aliphatic carbocycles. The highest BCUT2D eigenvalue weighted by Gasteiger charge is 2.18. The second kappa shape index (κ2) is 13.6. The average molecular weight is 728 g/mol. The van der Waals surface area contributed by atoms with Gasteiger partial charge in [-0.3, -0.25) is 0 Å². The van der Waals surface area contributed by atoms with Crippen molar-refractivity contribution in [3.8, 4) is 67.5 Å². The summed E-state index contributed by atoms with van der Waals surface area (Å²) < 4.78 is 6.57. The summed E-state index contributed by atoms with van der Waals surface area (Å²) in [5.74, 6) is 1.94. The molecule has 11 aromatic rings. The zero-order chi connectivity index (χ0) is 37.7. The van der Waals surface area contributed by atoms with Crippen molar-refractivity contribution < 1.29 is 4.42 Å². The van der Waals surface area contributed by atoms with E-state index in [4.69, 9.17) is 19.4 Å². The van der Waals surface area contributed by atoms with Gasteiger partial charge in [0.15, 0.2) is 17.5 Å². The van der Waals surface area contributed by atoms with Crippen LogP contribution >= 0.6 is 0 Å². The molecule has 0 unspecified atom stereocenters. The number of aromatic nitrogens is 3. The van der Waals surface area contributed by atoms with Crippen molar-refractivity contribution in [3.63, 3.8) is 0 Å². The van der Waals surface area contributed by atoms with E-state index in [2.05, 4.69) is 140 Å². The van der Waals surface area contributed by atoms with Crippen LogP contribution in [0.1, 0.15) is 0 Å². The number of furan rings is 1. The molecule has 2 heterocycles. The molecule has 0 spiro atoms. The summed E-state index contributed by atoms with van der Waals surface area (Å²) in [6.45, 7) is 0. The Labute approximate surface area is 329 Å². The van der Waals surface area contributed by atoms with Crippen LogP contribution in [0.3, 0.4) is 0 Å². The van der Waals surface area contributed by atoms with Crippen LogP contribution in [-0.4, -0.2) is 15.0 Å². The number of rotatable bonds is 6. The average Bonchev–Trinajstić information content (AvgIpc) is 3.67. The normalized spacial score (nSPS) is 11.5. The maximum absolute atomic E-state index is 6.57. The minimum absolute atomic E-state index is 0.638. The molecule has 4 heteroatoms. The molecule has 0 saturated heterocycles. The van der Waals surface area contributed by atoms with Gasteiger partial charge in [-0.1, -0.05) is 176 Å². The first-order valence-corrected chi connectivity index (χ1v) is 19.2. The Morgan fingerprint density at radius 2 is 0.807 bits per heavy atom. The molecule has 2 aromatic heterocycles. The Hall–Kier alpha value is -7.69. The summed E-state index contributed by atoms with van der Waals surface area (Å²) in [7, 11) is 0. The predicted octanol–water partition coefficient (Wildman–Crippen LogP) is 14.1. The Kier molecular flexibility index (Phi) is 7.78. The number of hydrogen-bond acceptors (Lipinski definition) is 4. The molecule has 11 rings (SSSR count). The molecule has 0 aliphatic heterocycles. The summed E-state index contributed by atoms with van der Waals surface area (Å²) in [5.41, 5.74) is 11.5. The molecule has 0 amide bonds. The lowest BCUT2D eigenvalue weighted by atomic mass is 9.90. The molecule has 0 bridgehead atoms. The Morgan fingerprint density at radius 3 is 1.51 bits per heavy atom. The van der Waals surface area contributed by atoms with E-state index in [1.54, 1.807) is 0 Å². The standard InChI is InChI=1S/C53H33N3O/c1-3-13-36(14-4-1)51-54-52(37-15-5-2-6-16-37)56-53(55-51)38-25-23-35(24-26-38)42-30-31-45(44-19-10-9-18-43(42)44)46-20-11-21-48-50(46)47-29-28-41(33-49(47)57-48)40-27-22-34-12-7-8-17-39(34)32-40/h1-33H. The molecular formula is C53H33N3O. The lowest BCUT2D eigenvalue weighted by molar-refractivity contribution is 0.669. The maximum atomic E-state index is 6.57. The van der Waals surface area contributed by atoms with Crippen molar-refractivity contribution >= 4 is 43.5 Å². The number of hydrogen-bond donors (Lipinski definition) is 0. The smallest absolute Gasteiger partial charge is 0.164 e. The second-order valence-electron chi connectivity index (χ2n) is 14.4. The third kappa shape index (κ3) is 5.83. The van der Waals surface area contributed by atoms with Crippen molar-refractivity contribution in [2.45, 2.75) is 0 Å². The van der Waals surface area contributed by atoms with E-state index in [0.717, 1.165) is 60.9 Å².